The summed E-state index contributed by atoms with van der Waals surface area (Å²) in [6.45, 7) is 3.27. The van der Waals surface area contributed by atoms with Gasteiger partial charge in [0.1, 0.15) is 5.69 Å². The number of pyridine rings is 1. The molecule has 2 heterocycles. The number of amidine groups is 1. The molecule has 1 saturated heterocycles. The number of nitrogens with zero attached hydrogens (tertiary/aromatic N) is 3. The number of anilines is 1. The molecule has 92 valence electrons. The summed E-state index contributed by atoms with van der Waals surface area (Å²) in [5.41, 5.74) is 7.17. The van der Waals surface area contributed by atoms with Crippen LogP contribution in [0.2, 0.25) is 0 Å². The number of rotatable bonds is 3. The van der Waals surface area contributed by atoms with Crippen molar-refractivity contribution in [3.8, 4) is 0 Å². The van der Waals surface area contributed by atoms with Gasteiger partial charge >= 0.3 is 0 Å². The van der Waals surface area contributed by atoms with Crippen molar-refractivity contribution in [2.24, 2.45) is 10.9 Å². The maximum absolute atomic E-state index is 8.65. The zero-order valence-electron chi connectivity index (χ0n) is 10.0. The van der Waals surface area contributed by atoms with Crippen molar-refractivity contribution in [3.63, 3.8) is 0 Å². The van der Waals surface area contributed by atoms with Crippen LogP contribution in [0.25, 0.3) is 0 Å². The van der Waals surface area contributed by atoms with Crippen LogP contribution >= 0.6 is 0 Å². The predicted molar refractivity (Wildman–Crippen MR) is 67.4 cm³/mol. The second-order valence-corrected chi connectivity index (χ2v) is 4.28. The standard InChI is InChI=1S/C12H18N4O/c1-2-9-4-3-7-16(9)10-5-6-14-11(8-10)12(13)15-17/h5-6,8-9,17H,2-4,7H2,1H3,(H2,13,15). The third-order valence-electron chi connectivity index (χ3n) is 3.29. The zero-order chi connectivity index (χ0) is 12.3. The first kappa shape index (κ1) is 11.7. The van der Waals surface area contributed by atoms with Crippen LogP contribution in [0.5, 0.6) is 0 Å². The average Bonchev–Trinajstić information content (AvgIpc) is 2.86. The normalized spacial score (nSPS) is 20.9. The number of aromatic nitrogens is 1. The summed E-state index contributed by atoms with van der Waals surface area (Å²) in [6.07, 6.45) is 5.30. The third-order valence-corrected chi connectivity index (χ3v) is 3.29. The highest BCUT2D eigenvalue weighted by Crippen LogP contribution is 2.27. The number of nitrogens with two attached hydrogens (primary N) is 1. The van der Waals surface area contributed by atoms with Crippen molar-refractivity contribution in [1.29, 1.82) is 0 Å². The zero-order valence-corrected chi connectivity index (χ0v) is 10.0. The molecule has 1 fully saturated rings. The molecule has 1 unspecified atom stereocenters. The van der Waals surface area contributed by atoms with E-state index in [1.54, 1.807) is 6.20 Å². The lowest BCUT2D eigenvalue weighted by atomic mass is 10.1. The van der Waals surface area contributed by atoms with Crippen LogP contribution in [0.1, 0.15) is 31.9 Å². The van der Waals surface area contributed by atoms with Crippen molar-refractivity contribution in [1.82, 2.24) is 4.98 Å². The van der Waals surface area contributed by atoms with Crippen LogP contribution in [0.4, 0.5) is 5.69 Å². The van der Waals surface area contributed by atoms with Gasteiger partial charge in [-0.05, 0) is 31.4 Å². The topological polar surface area (TPSA) is 74.7 Å². The summed E-state index contributed by atoms with van der Waals surface area (Å²) < 4.78 is 0. The Hall–Kier alpha value is -1.78. The molecule has 0 aliphatic carbocycles. The van der Waals surface area contributed by atoms with Gasteiger partial charge in [-0.25, -0.2) is 0 Å². The van der Waals surface area contributed by atoms with E-state index in [1.807, 2.05) is 12.1 Å². The predicted octanol–water partition coefficient (Wildman–Crippen LogP) is 1.55. The van der Waals surface area contributed by atoms with Crippen molar-refractivity contribution in [2.45, 2.75) is 32.2 Å². The molecule has 1 aliphatic heterocycles. The Kier molecular flexibility index (Phi) is 3.46. The van der Waals surface area contributed by atoms with E-state index in [-0.39, 0.29) is 5.84 Å². The molecular formula is C12H18N4O. The van der Waals surface area contributed by atoms with Crippen LogP contribution in [0, 0.1) is 0 Å². The van der Waals surface area contributed by atoms with Gasteiger partial charge < -0.3 is 15.8 Å². The highest BCUT2D eigenvalue weighted by molar-refractivity contribution is 5.95. The summed E-state index contributed by atoms with van der Waals surface area (Å²) in [4.78, 5) is 6.46. The molecule has 3 N–H and O–H groups in total. The van der Waals surface area contributed by atoms with Crippen LogP contribution in [0.3, 0.4) is 0 Å². The molecule has 1 aromatic rings. The number of oxime groups is 1. The second-order valence-electron chi connectivity index (χ2n) is 4.28. The van der Waals surface area contributed by atoms with Gasteiger partial charge in [0.05, 0.1) is 0 Å². The van der Waals surface area contributed by atoms with Crippen LogP contribution in [0.15, 0.2) is 23.5 Å². The van der Waals surface area contributed by atoms with E-state index in [4.69, 9.17) is 10.9 Å². The number of hydrogen-bond donors (Lipinski definition) is 2. The Morgan fingerprint density at radius 1 is 1.71 bits per heavy atom. The lowest BCUT2D eigenvalue weighted by Crippen LogP contribution is -2.28. The largest absolute Gasteiger partial charge is 0.409 e. The molecule has 0 amide bonds. The lowest BCUT2D eigenvalue weighted by molar-refractivity contribution is 0.318. The molecule has 5 heteroatoms. The van der Waals surface area contributed by atoms with E-state index in [9.17, 15) is 0 Å². The average molecular weight is 234 g/mol. The van der Waals surface area contributed by atoms with Crippen LogP contribution in [-0.2, 0) is 0 Å². The van der Waals surface area contributed by atoms with Crippen molar-refractivity contribution in [2.75, 3.05) is 11.4 Å². The molecule has 1 aromatic heterocycles. The van der Waals surface area contributed by atoms with Gasteiger partial charge in [0.15, 0.2) is 5.84 Å². The molecule has 17 heavy (non-hydrogen) atoms. The fraction of sp³-hybridized carbons (Fsp3) is 0.500. The summed E-state index contributed by atoms with van der Waals surface area (Å²) in [5.74, 6) is 0.0547. The van der Waals surface area contributed by atoms with E-state index in [0.717, 1.165) is 18.7 Å². The monoisotopic (exact) mass is 234 g/mol. The molecule has 0 bridgehead atoms. The summed E-state index contributed by atoms with van der Waals surface area (Å²) in [6, 6.07) is 4.45. The fourth-order valence-corrected chi connectivity index (χ4v) is 2.39. The van der Waals surface area contributed by atoms with Gasteiger partial charge in [-0.15, -0.1) is 0 Å². The highest BCUT2D eigenvalue weighted by Gasteiger charge is 2.23. The molecule has 0 saturated carbocycles. The van der Waals surface area contributed by atoms with E-state index >= 15 is 0 Å². The van der Waals surface area contributed by atoms with Crippen molar-refractivity contribution >= 4 is 11.5 Å². The van der Waals surface area contributed by atoms with E-state index in [0.29, 0.717) is 11.7 Å². The molecule has 0 spiro atoms. The Bertz CT molecular complexity index is 419. The van der Waals surface area contributed by atoms with E-state index in [2.05, 4.69) is 22.0 Å². The van der Waals surface area contributed by atoms with Crippen LogP contribution < -0.4 is 10.6 Å². The SMILES string of the molecule is CCC1CCCN1c1ccnc(/C(N)=N/O)c1. The molecular weight excluding hydrogens is 216 g/mol. The minimum atomic E-state index is 0.0547. The van der Waals surface area contributed by atoms with E-state index < -0.39 is 0 Å². The van der Waals surface area contributed by atoms with Crippen molar-refractivity contribution < 1.29 is 5.21 Å². The van der Waals surface area contributed by atoms with Gasteiger partial charge in [0.2, 0.25) is 0 Å². The van der Waals surface area contributed by atoms with E-state index in [1.165, 1.54) is 12.8 Å². The van der Waals surface area contributed by atoms with Crippen LogP contribution in [-0.4, -0.2) is 28.6 Å². The third kappa shape index (κ3) is 2.33. The maximum atomic E-state index is 8.65. The maximum Gasteiger partial charge on any atom is 0.188 e. The molecule has 5 nitrogen and oxygen atoms in total. The van der Waals surface area contributed by atoms with Gasteiger partial charge in [-0.3, -0.25) is 4.98 Å². The summed E-state index contributed by atoms with van der Waals surface area (Å²) in [7, 11) is 0. The minimum Gasteiger partial charge on any atom is -0.409 e. The molecule has 0 aromatic carbocycles. The first-order chi connectivity index (χ1) is 8.26. The molecule has 0 radical (unpaired) electrons. The Morgan fingerprint density at radius 2 is 2.53 bits per heavy atom. The summed E-state index contributed by atoms with van der Waals surface area (Å²) in [5, 5.41) is 11.6. The fourth-order valence-electron chi connectivity index (χ4n) is 2.39. The highest BCUT2D eigenvalue weighted by atomic mass is 16.4. The van der Waals surface area contributed by atoms with Crippen molar-refractivity contribution in [3.05, 3.63) is 24.0 Å². The summed E-state index contributed by atoms with van der Waals surface area (Å²) >= 11 is 0. The lowest BCUT2D eigenvalue weighted by Gasteiger charge is -2.26. The Balaban J connectivity index is 2.27. The quantitative estimate of drug-likeness (QED) is 0.360. The number of hydrogen-bond acceptors (Lipinski definition) is 4. The molecule has 2 rings (SSSR count). The van der Waals surface area contributed by atoms with Gasteiger partial charge in [0, 0.05) is 24.5 Å². The smallest absolute Gasteiger partial charge is 0.188 e. The van der Waals surface area contributed by atoms with Gasteiger partial charge in [-0.1, -0.05) is 12.1 Å². The second kappa shape index (κ2) is 5.03. The first-order valence-corrected chi connectivity index (χ1v) is 5.97. The molecule has 1 aliphatic rings. The van der Waals surface area contributed by atoms with Gasteiger partial charge in [-0.2, -0.15) is 0 Å². The minimum absolute atomic E-state index is 0.0547. The first-order valence-electron chi connectivity index (χ1n) is 5.97. The Morgan fingerprint density at radius 3 is 3.24 bits per heavy atom. The molecule has 1 atom stereocenters. The van der Waals surface area contributed by atoms with Gasteiger partial charge in [0.25, 0.3) is 0 Å². The Labute approximate surface area is 101 Å².